The van der Waals surface area contributed by atoms with Gasteiger partial charge < -0.3 is 14.5 Å². The van der Waals surface area contributed by atoms with E-state index in [-0.39, 0.29) is 11.9 Å². The summed E-state index contributed by atoms with van der Waals surface area (Å²) >= 11 is 0. The van der Waals surface area contributed by atoms with E-state index in [1.807, 2.05) is 41.3 Å². The van der Waals surface area contributed by atoms with Crippen LogP contribution in [0.4, 0.5) is 5.69 Å². The summed E-state index contributed by atoms with van der Waals surface area (Å²) in [6.07, 6.45) is 3.08. The van der Waals surface area contributed by atoms with Crippen molar-refractivity contribution in [2.45, 2.75) is 13.0 Å². The summed E-state index contributed by atoms with van der Waals surface area (Å²) in [7, 11) is 1.67. The minimum atomic E-state index is 0.0213. The number of aromatic nitrogens is 3. The lowest BCUT2D eigenvalue weighted by atomic mass is 10.1. The molecule has 0 aliphatic carbocycles. The van der Waals surface area contributed by atoms with Crippen molar-refractivity contribution < 1.29 is 9.53 Å². The summed E-state index contributed by atoms with van der Waals surface area (Å²) in [6, 6.07) is 15.7. The van der Waals surface area contributed by atoms with Gasteiger partial charge in [0.05, 0.1) is 18.4 Å². The number of hydrogen-bond acceptors (Lipinski definition) is 5. The Morgan fingerprint density at radius 1 is 1.11 bits per heavy atom. The summed E-state index contributed by atoms with van der Waals surface area (Å²) in [5, 5.41) is 4.18. The summed E-state index contributed by atoms with van der Waals surface area (Å²) < 4.78 is 6.86. The van der Waals surface area contributed by atoms with E-state index in [1.54, 1.807) is 18.1 Å². The van der Waals surface area contributed by atoms with Gasteiger partial charge in [-0.05, 0) is 43.3 Å². The highest BCUT2D eigenvalue weighted by atomic mass is 16.5. The molecule has 4 rings (SSSR count). The van der Waals surface area contributed by atoms with Crippen LogP contribution in [0.3, 0.4) is 0 Å². The van der Waals surface area contributed by atoms with Crippen LogP contribution in [0.15, 0.2) is 61.2 Å². The highest BCUT2D eigenvalue weighted by molar-refractivity contribution is 5.98. The standard InChI is InChI=1S/C21H23N5O2/c1-16-13-24(17-7-9-18(28-2)10-8-17)11-12-25(16)21(27)19-5-3-4-6-20(19)26-15-22-14-23-26/h3-10,14-16H,11-13H2,1-2H3. The van der Waals surface area contributed by atoms with Gasteiger partial charge in [0.1, 0.15) is 18.4 Å². The summed E-state index contributed by atoms with van der Waals surface area (Å²) in [4.78, 5) is 21.5. The van der Waals surface area contributed by atoms with Crippen molar-refractivity contribution in [2.24, 2.45) is 0 Å². The molecule has 2 heterocycles. The highest BCUT2D eigenvalue weighted by Gasteiger charge is 2.29. The third-order valence-corrected chi connectivity index (χ3v) is 5.13. The third kappa shape index (κ3) is 3.43. The molecule has 144 valence electrons. The van der Waals surface area contributed by atoms with Gasteiger partial charge in [-0.1, -0.05) is 12.1 Å². The summed E-state index contributed by atoms with van der Waals surface area (Å²) in [5.74, 6) is 0.864. The SMILES string of the molecule is COc1ccc(N2CCN(C(=O)c3ccccc3-n3cncn3)C(C)C2)cc1. The number of ether oxygens (including phenoxy) is 1. The molecule has 1 fully saturated rings. The lowest BCUT2D eigenvalue weighted by Gasteiger charge is -2.41. The van der Waals surface area contributed by atoms with Crippen molar-refractivity contribution in [3.63, 3.8) is 0 Å². The molecule has 1 amide bonds. The van der Waals surface area contributed by atoms with E-state index in [9.17, 15) is 4.79 Å². The fourth-order valence-electron chi connectivity index (χ4n) is 3.63. The van der Waals surface area contributed by atoms with Gasteiger partial charge >= 0.3 is 0 Å². The Bertz CT molecular complexity index is 940. The molecule has 1 unspecified atom stereocenters. The lowest BCUT2D eigenvalue weighted by molar-refractivity contribution is 0.0674. The quantitative estimate of drug-likeness (QED) is 0.699. The minimum Gasteiger partial charge on any atom is -0.497 e. The van der Waals surface area contributed by atoms with Gasteiger partial charge in [-0.3, -0.25) is 4.79 Å². The molecule has 1 aliphatic rings. The van der Waals surface area contributed by atoms with Crippen molar-refractivity contribution in [1.29, 1.82) is 0 Å². The van der Waals surface area contributed by atoms with Crippen LogP contribution in [0, 0.1) is 0 Å². The molecule has 1 aliphatic heterocycles. The molecule has 1 saturated heterocycles. The van der Waals surface area contributed by atoms with Crippen LogP contribution in [0.5, 0.6) is 5.75 Å². The molecule has 1 aromatic heterocycles. The molecular weight excluding hydrogens is 354 g/mol. The molecule has 2 aromatic carbocycles. The number of anilines is 1. The maximum Gasteiger partial charge on any atom is 0.256 e. The molecule has 0 N–H and O–H groups in total. The Balaban J connectivity index is 1.51. The van der Waals surface area contributed by atoms with Gasteiger partial charge in [-0.2, -0.15) is 5.10 Å². The van der Waals surface area contributed by atoms with Crippen LogP contribution in [-0.2, 0) is 0 Å². The molecule has 7 heteroatoms. The zero-order chi connectivity index (χ0) is 19.5. The maximum absolute atomic E-state index is 13.3. The van der Waals surface area contributed by atoms with Gasteiger partial charge in [0, 0.05) is 31.4 Å². The van der Waals surface area contributed by atoms with Crippen LogP contribution in [0.1, 0.15) is 17.3 Å². The smallest absolute Gasteiger partial charge is 0.256 e. The highest BCUT2D eigenvalue weighted by Crippen LogP contribution is 2.24. The molecule has 0 spiro atoms. The third-order valence-electron chi connectivity index (χ3n) is 5.13. The molecule has 7 nitrogen and oxygen atoms in total. The molecule has 1 atom stereocenters. The first kappa shape index (κ1) is 18.0. The summed E-state index contributed by atoms with van der Waals surface area (Å²) in [6.45, 7) is 4.32. The van der Waals surface area contributed by atoms with Crippen molar-refractivity contribution in [3.05, 3.63) is 66.7 Å². The predicted octanol–water partition coefficient (Wildman–Crippen LogP) is 2.63. The Morgan fingerprint density at radius 2 is 1.89 bits per heavy atom. The van der Waals surface area contributed by atoms with Gasteiger partial charge in [0.25, 0.3) is 5.91 Å². The summed E-state index contributed by atoms with van der Waals surface area (Å²) in [5.41, 5.74) is 2.52. The number of benzene rings is 2. The predicted molar refractivity (Wildman–Crippen MR) is 107 cm³/mol. The molecular formula is C21H23N5O2. The number of piperazine rings is 1. The van der Waals surface area contributed by atoms with Crippen molar-refractivity contribution >= 4 is 11.6 Å². The van der Waals surface area contributed by atoms with Gasteiger partial charge in [0.2, 0.25) is 0 Å². The average molecular weight is 377 g/mol. The Morgan fingerprint density at radius 3 is 2.57 bits per heavy atom. The number of nitrogens with zero attached hydrogens (tertiary/aromatic N) is 5. The fourth-order valence-corrected chi connectivity index (χ4v) is 3.63. The maximum atomic E-state index is 13.3. The second-order valence-corrected chi connectivity index (χ2v) is 6.85. The van der Waals surface area contributed by atoms with Crippen LogP contribution < -0.4 is 9.64 Å². The Kier molecular flexibility index (Phi) is 4.97. The van der Waals surface area contributed by atoms with Gasteiger partial charge in [-0.25, -0.2) is 9.67 Å². The molecule has 0 saturated carbocycles. The van der Waals surface area contributed by atoms with E-state index in [2.05, 4.69) is 34.0 Å². The largest absolute Gasteiger partial charge is 0.497 e. The van der Waals surface area contributed by atoms with Crippen molar-refractivity contribution in [1.82, 2.24) is 19.7 Å². The molecule has 3 aromatic rings. The van der Waals surface area contributed by atoms with Crippen molar-refractivity contribution in [3.8, 4) is 11.4 Å². The van der Waals surface area contributed by atoms with Crippen LogP contribution in [-0.4, -0.2) is 58.4 Å². The minimum absolute atomic E-state index is 0.0213. The van der Waals surface area contributed by atoms with E-state index in [1.165, 1.54) is 6.33 Å². The van der Waals surface area contributed by atoms with Crippen LogP contribution >= 0.6 is 0 Å². The monoisotopic (exact) mass is 377 g/mol. The van der Waals surface area contributed by atoms with E-state index < -0.39 is 0 Å². The zero-order valence-electron chi connectivity index (χ0n) is 16.0. The van der Waals surface area contributed by atoms with Gasteiger partial charge in [0.15, 0.2) is 0 Å². The topological polar surface area (TPSA) is 63.5 Å². The lowest BCUT2D eigenvalue weighted by Crippen LogP contribution is -2.54. The van der Waals surface area contributed by atoms with E-state index in [4.69, 9.17) is 4.74 Å². The first-order chi connectivity index (χ1) is 13.7. The number of hydrogen-bond donors (Lipinski definition) is 0. The van der Waals surface area contributed by atoms with Crippen LogP contribution in [0.25, 0.3) is 5.69 Å². The van der Waals surface area contributed by atoms with E-state index >= 15 is 0 Å². The Hall–Kier alpha value is -3.35. The molecule has 28 heavy (non-hydrogen) atoms. The molecule has 0 radical (unpaired) electrons. The first-order valence-corrected chi connectivity index (χ1v) is 9.31. The average Bonchev–Trinajstić information content (AvgIpc) is 3.28. The molecule has 0 bridgehead atoms. The van der Waals surface area contributed by atoms with E-state index in [0.717, 1.165) is 30.2 Å². The van der Waals surface area contributed by atoms with Crippen LogP contribution in [0.2, 0.25) is 0 Å². The number of carbonyl (C=O) groups excluding carboxylic acids is 1. The normalized spacial score (nSPS) is 16.9. The number of para-hydroxylation sites is 1. The van der Waals surface area contributed by atoms with Crippen molar-refractivity contribution in [2.75, 3.05) is 31.6 Å². The van der Waals surface area contributed by atoms with E-state index in [0.29, 0.717) is 12.1 Å². The zero-order valence-corrected chi connectivity index (χ0v) is 16.0. The number of amides is 1. The van der Waals surface area contributed by atoms with Gasteiger partial charge in [-0.15, -0.1) is 0 Å². The second-order valence-electron chi connectivity index (χ2n) is 6.85. The number of carbonyl (C=O) groups is 1. The second kappa shape index (κ2) is 7.72. The number of rotatable bonds is 4. The fraction of sp³-hybridized carbons (Fsp3) is 0.286. The number of methoxy groups -OCH3 is 1. The first-order valence-electron chi connectivity index (χ1n) is 9.31. The Labute approximate surface area is 164 Å².